The van der Waals surface area contributed by atoms with Crippen LogP contribution in [-0.2, 0) is 9.53 Å². The lowest BCUT2D eigenvalue weighted by molar-refractivity contribution is -0.149. The van der Waals surface area contributed by atoms with Gasteiger partial charge in [-0.1, -0.05) is 31.5 Å². The van der Waals surface area contributed by atoms with Crippen LogP contribution in [0, 0.1) is 12.3 Å². The van der Waals surface area contributed by atoms with Crippen molar-refractivity contribution in [3.05, 3.63) is 29.8 Å². The maximum absolute atomic E-state index is 12.5. The molecule has 1 atom stereocenters. The Morgan fingerprint density at radius 2 is 1.95 bits per heavy atom. The second-order valence-corrected chi connectivity index (χ2v) is 7.18. The van der Waals surface area contributed by atoms with E-state index in [4.69, 9.17) is 4.74 Å². The predicted octanol–water partition coefficient (Wildman–Crippen LogP) is 3.48. The van der Waals surface area contributed by atoms with Crippen LogP contribution in [0.2, 0.25) is 0 Å². The summed E-state index contributed by atoms with van der Waals surface area (Å²) in [5.41, 5.74) is 1.37. The van der Waals surface area contributed by atoms with Crippen molar-refractivity contribution in [2.45, 2.75) is 32.7 Å². The Kier molecular flexibility index (Phi) is 4.33. The minimum atomic E-state index is -0.667. The van der Waals surface area contributed by atoms with Crippen LogP contribution in [-0.4, -0.2) is 30.1 Å². The van der Waals surface area contributed by atoms with Gasteiger partial charge in [0.2, 0.25) is 0 Å². The molecule has 110 valence electrons. The van der Waals surface area contributed by atoms with E-state index in [1.165, 1.54) is 12.7 Å². The molecule has 0 spiro atoms. The molecule has 0 bridgehead atoms. The molecule has 1 aromatic carbocycles. The first-order chi connectivity index (χ1) is 9.41. The predicted molar refractivity (Wildman–Crippen MR) is 85.3 cm³/mol. The van der Waals surface area contributed by atoms with Crippen LogP contribution in [0.25, 0.3) is 0 Å². The number of anilines is 1. The molecule has 1 heterocycles. The largest absolute Gasteiger partial charge is 0.467 e. The summed E-state index contributed by atoms with van der Waals surface area (Å²) in [6, 6.07) is 8.15. The minimum Gasteiger partial charge on any atom is -0.467 e. The third-order valence-electron chi connectivity index (χ3n) is 4.29. The maximum Gasteiger partial charge on any atom is 0.332 e. The second-order valence-electron chi connectivity index (χ2n) is 6.07. The highest BCUT2D eigenvalue weighted by atomic mass is 32.2. The topological polar surface area (TPSA) is 38.3 Å². The van der Waals surface area contributed by atoms with Crippen molar-refractivity contribution >= 4 is 23.4 Å². The van der Waals surface area contributed by atoms with Crippen molar-refractivity contribution < 1.29 is 9.53 Å². The Morgan fingerprint density at radius 3 is 2.50 bits per heavy atom. The summed E-state index contributed by atoms with van der Waals surface area (Å²) in [7, 11) is 1.47. The van der Waals surface area contributed by atoms with Gasteiger partial charge in [0, 0.05) is 16.9 Å². The zero-order valence-electron chi connectivity index (χ0n) is 12.7. The molecule has 0 aromatic heterocycles. The van der Waals surface area contributed by atoms with E-state index >= 15 is 0 Å². The molecule has 4 heteroatoms. The molecular formula is C16H23NO2S. The van der Waals surface area contributed by atoms with Crippen LogP contribution in [0.5, 0.6) is 0 Å². The molecule has 0 amide bonds. The lowest BCUT2D eigenvalue weighted by Gasteiger charge is -2.48. The van der Waals surface area contributed by atoms with Gasteiger partial charge in [-0.3, -0.25) is 0 Å². The maximum atomic E-state index is 12.5. The van der Waals surface area contributed by atoms with Crippen LogP contribution < -0.4 is 5.32 Å². The number of benzene rings is 1. The summed E-state index contributed by atoms with van der Waals surface area (Å²) in [5, 5.41) is 3.47. The van der Waals surface area contributed by atoms with Gasteiger partial charge >= 0.3 is 5.97 Å². The molecule has 1 aliphatic rings. The summed E-state index contributed by atoms with van der Waals surface area (Å²) in [6.07, 6.45) is 0.992. The Bertz CT molecular complexity index is 484. The van der Waals surface area contributed by atoms with Gasteiger partial charge in [0.05, 0.1) is 7.11 Å². The average molecular weight is 293 g/mol. The molecule has 0 saturated carbocycles. The molecule has 1 N–H and O–H groups in total. The Morgan fingerprint density at radius 1 is 1.30 bits per heavy atom. The molecule has 0 radical (unpaired) electrons. The van der Waals surface area contributed by atoms with E-state index in [0.29, 0.717) is 0 Å². The fourth-order valence-corrected chi connectivity index (χ4v) is 4.30. The lowest BCUT2D eigenvalue weighted by atomic mass is 9.70. The summed E-state index contributed by atoms with van der Waals surface area (Å²) >= 11 is 1.81. The van der Waals surface area contributed by atoms with Gasteiger partial charge in [0.15, 0.2) is 0 Å². The Hall–Kier alpha value is -1.16. The van der Waals surface area contributed by atoms with Crippen LogP contribution in [0.4, 0.5) is 5.69 Å². The number of esters is 1. The number of ether oxygens (including phenoxy) is 1. The van der Waals surface area contributed by atoms with Crippen molar-refractivity contribution in [2.24, 2.45) is 5.41 Å². The lowest BCUT2D eigenvalue weighted by Crippen LogP contribution is -2.61. The van der Waals surface area contributed by atoms with E-state index in [-0.39, 0.29) is 11.4 Å². The molecule has 2 rings (SSSR count). The van der Waals surface area contributed by atoms with E-state index in [0.717, 1.165) is 23.6 Å². The zero-order valence-corrected chi connectivity index (χ0v) is 13.5. The van der Waals surface area contributed by atoms with E-state index < -0.39 is 5.54 Å². The number of carbonyl (C=O) groups excluding carboxylic acids is 1. The van der Waals surface area contributed by atoms with Gasteiger partial charge in [0.25, 0.3) is 0 Å². The molecule has 1 saturated heterocycles. The van der Waals surface area contributed by atoms with Crippen molar-refractivity contribution in [3.63, 3.8) is 0 Å². The first-order valence-corrected chi connectivity index (χ1v) is 8.08. The molecule has 1 fully saturated rings. The van der Waals surface area contributed by atoms with Crippen molar-refractivity contribution in [1.82, 2.24) is 0 Å². The average Bonchev–Trinajstić information content (AvgIpc) is 2.42. The molecule has 1 aliphatic heterocycles. The standard InChI is InChI=1S/C16H23NO2S/c1-12-5-7-13(8-6-12)17-16(14(18)19-4)11-20-10-9-15(16,2)3/h5-8,17H,9-11H2,1-4H3. The summed E-state index contributed by atoms with van der Waals surface area (Å²) < 4.78 is 5.11. The van der Waals surface area contributed by atoms with Gasteiger partial charge in [-0.15, -0.1) is 0 Å². The Labute approximate surface area is 125 Å². The molecule has 0 aliphatic carbocycles. The molecule has 1 unspecified atom stereocenters. The number of aryl methyl sites for hydroxylation is 1. The molecular weight excluding hydrogens is 270 g/mol. The monoisotopic (exact) mass is 293 g/mol. The van der Waals surface area contributed by atoms with Gasteiger partial charge < -0.3 is 10.1 Å². The fourth-order valence-electron chi connectivity index (χ4n) is 2.61. The number of thioether (sulfide) groups is 1. The number of nitrogens with one attached hydrogen (secondary N) is 1. The molecule has 20 heavy (non-hydrogen) atoms. The van der Waals surface area contributed by atoms with E-state index in [2.05, 4.69) is 38.2 Å². The van der Waals surface area contributed by atoms with Crippen LogP contribution in [0.15, 0.2) is 24.3 Å². The van der Waals surface area contributed by atoms with Crippen LogP contribution in [0.1, 0.15) is 25.8 Å². The summed E-state index contributed by atoms with van der Waals surface area (Å²) in [5.74, 6) is 1.65. The van der Waals surface area contributed by atoms with Gasteiger partial charge in [-0.05, 0) is 31.2 Å². The highest BCUT2D eigenvalue weighted by Gasteiger charge is 2.53. The highest BCUT2D eigenvalue weighted by molar-refractivity contribution is 7.99. The van der Waals surface area contributed by atoms with E-state index in [9.17, 15) is 4.79 Å². The van der Waals surface area contributed by atoms with Crippen LogP contribution in [0.3, 0.4) is 0 Å². The zero-order chi connectivity index (χ0) is 14.8. The third-order valence-corrected chi connectivity index (χ3v) is 5.42. The first kappa shape index (κ1) is 15.2. The molecule has 1 aromatic rings. The quantitative estimate of drug-likeness (QED) is 0.866. The number of methoxy groups -OCH3 is 1. The van der Waals surface area contributed by atoms with Crippen LogP contribution >= 0.6 is 11.8 Å². The number of rotatable bonds is 3. The SMILES string of the molecule is COC(=O)C1(Nc2ccc(C)cc2)CSCCC1(C)C. The van der Waals surface area contributed by atoms with E-state index in [1.807, 2.05) is 12.1 Å². The summed E-state index contributed by atoms with van der Waals surface area (Å²) in [6.45, 7) is 6.34. The first-order valence-electron chi connectivity index (χ1n) is 6.92. The van der Waals surface area contributed by atoms with Gasteiger partial charge in [-0.25, -0.2) is 4.79 Å². The van der Waals surface area contributed by atoms with Crippen molar-refractivity contribution in [3.8, 4) is 0 Å². The smallest absolute Gasteiger partial charge is 0.332 e. The third kappa shape index (κ3) is 2.66. The van der Waals surface area contributed by atoms with Gasteiger partial charge in [0.1, 0.15) is 5.54 Å². The summed E-state index contributed by atoms with van der Waals surface area (Å²) in [4.78, 5) is 12.5. The van der Waals surface area contributed by atoms with Gasteiger partial charge in [-0.2, -0.15) is 11.8 Å². The highest BCUT2D eigenvalue weighted by Crippen LogP contribution is 2.45. The normalized spacial score (nSPS) is 25.0. The number of hydrogen-bond acceptors (Lipinski definition) is 4. The van der Waals surface area contributed by atoms with Crippen molar-refractivity contribution in [2.75, 3.05) is 23.9 Å². The van der Waals surface area contributed by atoms with E-state index in [1.54, 1.807) is 11.8 Å². The number of carbonyl (C=O) groups is 1. The number of hydrogen-bond donors (Lipinski definition) is 1. The minimum absolute atomic E-state index is 0.143. The Balaban J connectivity index is 2.36. The van der Waals surface area contributed by atoms with Crippen molar-refractivity contribution in [1.29, 1.82) is 0 Å². The fraction of sp³-hybridized carbons (Fsp3) is 0.562. The molecule has 3 nitrogen and oxygen atoms in total. The second kappa shape index (κ2) is 5.68.